The summed E-state index contributed by atoms with van der Waals surface area (Å²) in [5, 5.41) is 4.02. The van der Waals surface area contributed by atoms with Gasteiger partial charge >= 0.3 is 7.32 Å². The van der Waals surface area contributed by atoms with Crippen molar-refractivity contribution in [1.29, 1.82) is 0 Å². The lowest BCUT2D eigenvalue weighted by molar-refractivity contribution is 0.302. The molecule has 310 valence electrons. The molecule has 0 bridgehead atoms. The van der Waals surface area contributed by atoms with Gasteiger partial charge in [-0.15, -0.1) is 0 Å². The van der Waals surface area contributed by atoms with E-state index < -0.39 is 15.2 Å². The third kappa shape index (κ3) is 8.70. The number of ether oxygens (including phenoxy) is 1. The zero-order valence-electron chi connectivity index (χ0n) is 38.2. The second-order valence-electron chi connectivity index (χ2n) is 18.1. The lowest BCUT2D eigenvalue weighted by Gasteiger charge is -2.32. The monoisotopic (exact) mass is 808 g/mol. The highest BCUT2D eigenvalue weighted by molar-refractivity contribution is 7.80. The van der Waals surface area contributed by atoms with Crippen molar-refractivity contribution < 1.29 is 18.7 Å². The van der Waals surface area contributed by atoms with Gasteiger partial charge in [0.15, 0.2) is 0 Å². The predicted molar refractivity (Wildman–Crippen MR) is 251 cm³/mol. The van der Waals surface area contributed by atoms with Crippen molar-refractivity contribution in [2.24, 2.45) is 0 Å². The van der Waals surface area contributed by atoms with E-state index in [4.69, 9.17) is 18.7 Å². The highest BCUT2D eigenvalue weighted by Gasteiger charge is 2.37. The van der Waals surface area contributed by atoms with Crippen molar-refractivity contribution >= 4 is 31.2 Å². The van der Waals surface area contributed by atoms with Gasteiger partial charge in [-0.1, -0.05) is 90.9 Å². The molecule has 0 radical (unpaired) electrons. The predicted octanol–water partition coefficient (Wildman–Crippen LogP) is 13.0. The van der Waals surface area contributed by atoms with E-state index in [-0.39, 0.29) is 0 Å². The molecule has 2 fully saturated rings. The Labute approximate surface area is 357 Å². The van der Waals surface area contributed by atoms with Crippen LogP contribution in [0.5, 0.6) is 23.0 Å². The molecule has 4 nitrogen and oxygen atoms in total. The molecule has 5 aromatic carbocycles. The molecule has 2 aliphatic rings. The molecule has 2 saturated carbocycles. The largest absolute Gasteiger partial charge is 0.864 e. The summed E-state index contributed by atoms with van der Waals surface area (Å²) in [6.07, 6.45) is 10.2. The van der Waals surface area contributed by atoms with Crippen molar-refractivity contribution in [2.75, 3.05) is 7.11 Å². The van der Waals surface area contributed by atoms with Crippen molar-refractivity contribution in [2.45, 2.75) is 146 Å². The average molecular weight is 809 g/mol. The summed E-state index contributed by atoms with van der Waals surface area (Å²) < 4.78 is 27.6. The highest BCUT2D eigenvalue weighted by Crippen LogP contribution is 2.50. The molecule has 2 aliphatic carbocycles. The third-order valence-corrected chi connectivity index (χ3v) is 16.1. The summed E-state index contributed by atoms with van der Waals surface area (Å²) in [5.41, 5.74) is 17.0. The van der Waals surface area contributed by atoms with E-state index in [9.17, 15) is 0 Å². The van der Waals surface area contributed by atoms with Crippen LogP contribution in [-0.2, 0) is 0 Å². The maximum Gasteiger partial charge on any atom is 0.864 e. The number of benzene rings is 5. The minimum Gasteiger partial charge on any atom is -0.496 e. The van der Waals surface area contributed by atoms with E-state index >= 15 is 0 Å². The Kier molecular flexibility index (Phi) is 12.9. The summed E-state index contributed by atoms with van der Waals surface area (Å²) in [5.74, 6) is 4.63. The van der Waals surface area contributed by atoms with Gasteiger partial charge in [-0.2, -0.15) is 0 Å². The molecule has 59 heavy (non-hydrogen) atoms. The molecule has 0 heterocycles. The first kappa shape index (κ1) is 42.9. The Morgan fingerprint density at radius 2 is 0.864 bits per heavy atom. The normalized spacial score (nSPS) is 15.1. The van der Waals surface area contributed by atoms with E-state index in [1.807, 2.05) is 7.11 Å². The van der Waals surface area contributed by atoms with E-state index in [0.717, 1.165) is 56.4 Å². The minimum atomic E-state index is -1.09. The molecule has 0 aliphatic heterocycles. The van der Waals surface area contributed by atoms with Crippen LogP contribution in [0.3, 0.4) is 0 Å². The first-order valence-corrected chi connectivity index (χ1v) is 23.4. The zero-order chi connectivity index (χ0) is 42.3. The van der Waals surface area contributed by atoms with Crippen LogP contribution in [0, 0.1) is 83.1 Å². The maximum absolute atomic E-state index is 7.14. The van der Waals surface area contributed by atoms with Crippen LogP contribution >= 0.6 is 7.92 Å². The third-order valence-electron chi connectivity index (χ3n) is 13.0. The number of rotatable bonds is 12. The molecule has 0 saturated heterocycles. The zero-order valence-corrected chi connectivity index (χ0v) is 39.1. The number of methoxy groups -OCH3 is 1. The van der Waals surface area contributed by atoms with Gasteiger partial charge in [-0.3, -0.25) is 0 Å². The number of hydrogen-bond donors (Lipinski definition) is 0. The van der Waals surface area contributed by atoms with Gasteiger partial charge in [-0.25, -0.2) is 0 Å². The second kappa shape index (κ2) is 17.8. The molecule has 5 aromatic rings. The van der Waals surface area contributed by atoms with Gasteiger partial charge in [0.1, 0.15) is 23.0 Å². The van der Waals surface area contributed by atoms with E-state index in [0.29, 0.717) is 11.8 Å². The quantitative estimate of drug-likeness (QED) is 0.0929. The molecule has 0 spiro atoms. The Morgan fingerprint density at radius 1 is 0.458 bits per heavy atom. The molecular weight excluding hydrogens is 742 g/mol. The van der Waals surface area contributed by atoms with Crippen molar-refractivity contribution in [3.63, 3.8) is 0 Å². The highest BCUT2D eigenvalue weighted by atomic mass is 31.1. The van der Waals surface area contributed by atoms with Gasteiger partial charge < -0.3 is 18.7 Å². The van der Waals surface area contributed by atoms with Gasteiger partial charge in [0.05, 0.1) is 7.11 Å². The Hall–Kier alpha value is -4.21. The van der Waals surface area contributed by atoms with E-state index in [1.54, 1.807) is 5.56 Å². The van der Waals surface area contributed by atoms with E-state index in [1.165, 1.54) is 106 Å². The summed E-state index contributed by atoms with van der Waals surface area (Å²) in [6, 6.07) is 20.6. The molecule has 7 rings (SSSR count). The fourth-order valence-electron chi connectivity index (χ4n) is 10.8. The van der Waals surface area contributed by atoms with Crippen LogP contribution < -0.4 is 34.6 Å². The number of hydrogen-bond acceptors (Lipinski definition) is 4. The van der Waals surface area contributed by atoms with Crippen LogP contribution in [0.4, 0.5) is 0 Å². The lowest BCUT2D eigenvalue weighted by atomic mass is 9.85. The summed E-state index contributed by atoms with van der Waals surface area (Å²) in [6.45, 7) is 26.1. The minimum absolute atomic E-state index is 0.536. The molecular formula is C53H66BO4P. The van der Waals surface area contributed by atoms with E-state index in [2.05, 4.69) is 138 Å². The van der Waals surface area contributed by atoms with Crippen molar-refractivity contribution in [1.82, 2.24) is 0 Å². The Balaban J connectivity index is 1.44. The van der Waals surface area contributed by atoms with Crippen LogP contribution in [0.1, 0.15) is 141 Å². The average Bonchev–Trinajstić information content (AvgIpc) is 3.90. The number of aryl methyl sites for hydroxylation is 11. The van der Waals surface area contributed by atoms with Gasteiger partial charge in [0.25, 0.3) is 0 Å². The topological polar surface area (TPSA) is 36.9 Å². The first-order valence-electron chi connectivity index (χ1n) is 22.0. The van der Waals surface area contributed by atoms with Crippen LogP contribution in [0.15, 0.2) is 54.6 Å². The van der Waals surface area contributed by atoms with Crippen LogP contribution in [-0.4, -0.2) is 14.4 Å². The standard InChI is InChI=1S/C53H66BO4P/c1-31-24-34(4)48(35(5)25-31)56-54(57-49-36(6)26-32(2)27-37(49)7)58-50-38(8)30-41(11)53(42(50)12)59(52-39(9)28-33(3)29-40(52)10)46-23-22-45(43-18-14-15-19-43)47(51(46)55-13)44-20-16-17-21-44/h22-30,43-44H,14-21H2,1-13H3. The summed E-state index contributed by atoms with van der Waals surface area (Å²) >= 11 is 0. The molecule has 1 atom stereocenters. The molecule has 0 amide bonds. The SMILES string of the molecule is COc1c(P(c2c(C)cc(C)cc2C)c2c(C)cc(C)c(OB(Oc3c(C)cc(C)cc3C)Oc3c(C)cc(C)cc3C)c2C)ccc(C2CCCC2)c1C1CCCC1. The smallest absolute Gasteiger partial charge is 0.496 e. The van der Waals surface area contributed by atoms with Crippen LogP contribution in [0.25, 0.3) is 0 Å². The first-order chi connectivity index (χ1) is 28.2. The molecule has 0 aromatic heterocycles. The van der Waals surface area contributed by atoms with Gasteiger partial charge in [0, 0.05) is 10.9 Å². The van der Waals surface area contributed by atoms with Gasteiger partial charge in [0.2, 0.25) is 0 Å². The Bertz CT molecular complexity index is 2240. The lowest BCUT2D eigenvalue weighted by Crippen LogP contribution is -2.39. The summed E-state index contributed by atoms with van der Waals surface area (Å²) in [4.78, 5) is 0. The molecule has 6 heteroatoms. The molecule has 1 unspecified atom stereocenters. The van der Waals surface area contributed by atoms with Crippen molar-refractivity contribution in [3.8, 4) is 23.0 Å². The van der Waals surface area contributed by atoms with Crippen molar-refractivity contribution in [3.05, 3.63) is 132 Å². The van der Waals surface area contributed by atoms with Gasteiger partial charge in [-0.05, 0) is 201 Å². The summed E-state index contributed by atoms with van der Waals surface area (Å²) in [7, 11) is -0.202. The second-order valence-corrected chi connectivity index (χ2v) is 20.1. The van der Waals surface area contributed by atoms with Crippen LogP contribution in [0.2, 0.25) is 0 Å². The fraction of sp³-hybridized carbons (Fsp3) is 0.434. The Morgan fingerprint density at radius 3 is 1.34 bits per heavy atom. The molecule has 0 N–H and O–H groups in total. The fourth-order valence-corrected chi connectivity index (χ4v) is 13.9. The maximum atomic E-state index is 7.14.